The topological polar surface area (TPSA) is 61.7 Å². The lowest BCUT2D eigenvalue weighted by Gasteiger charge is -2.15. The molecule has 0 saturated heterocycles. The largest absolute Gasteiger partial charge is 0.455 e. The van der Waals surface area contributed by atoms with Crippen molar-refractivity contribution in [1.82, 2.24) is 24.1 Å². The van der Waals surface area contributed by atoms with Crippen LogP contribution in [0.3, 0.4) is 0 Å². The van der Waals surface area contributed by atoms with Crippen molar-refractivity contribution in [2.75, 3.05) is 0 Å². The van der Waals surface area contributed by atoms with E-state index in [-0.39, 0.29) is 0 Å². The number of benzene rings is 8. The van der Waals surface area contributed by atoms with E-state index in [4.69, 9.17) is 19.4 Å². The van der Waals surface area contributed by atoms with Crippen LogP contribution < -0.4 is 0 Å². The molecule has 13 rings (SSSR count). The van der Waals surface area contributed by atoms with Gasteiger partial charge in [-0.05, 0) is 84.6 Å². The van der Waals surface area contributed by atoms with Crippen molar-refractivity contribution in [3.05, 3.63) is 205 Å². The molecule has 0 amide bonds. The van der Waals surface area contributed by atoms with Crippen LogP contribution in [-0.2, 0) is 6.42 Å². The molecule has 296 valence electrons. The monoisotopic (exact) mass is 807 g/mol. The summed E-state index contributed by atoms with van der Waals surface area (Å²) in [7, 11) is 0. The first-order valence-electron chi connectivity index (χ1n) is 21.5. The Balaban J connectivity index is 1.05. The third-order valence-corrected chi connectivity index (χ3v) is 12.6. The molecule has 0 radical (unpaired) electrons. The lowest BCUT2D eigenvalue weighted by molar-refractivity contribution is 0.676. The maximum atomic E-state index is 7.23. The van der Waals surface area contributed by atoms with E-state index < -0.39 is 0 Å². The molecule has 0 fully saturated rings. The van der Waals surface area contributed by atoms with E-state index in [1.165, 1.54) is 27.8 Å². The summed E-state index contributed by atoms with van der Waals surface area (Å²) in [6, 6.07) is 65.9. The summed E-state index contributed by atoms with van der Waals surface area (Å²) < 4.78 is 12.0. The van der Waals surface area contributed by atoms with Gasteiger partial charge in [0.15, 0.2) is 17.5 Å². The third-order valence-electron chi connectivity index (χ3n) is 12.6. The Bertz CT molecular complexity index is 3710. The molecule has 0 atom stereocenters. The molecule has 0 bridgehead atoms. The van der Waals surface area contributed by atoms with Crippen molar-refractivity contribution in [3.8, 4) is 56.7 Å². The predicted octanol–water partition coefficient (Wildman–Crippen LogP) is 14.4. The van der Waals surface area contributed by atoms with E-state index >= 15 is 0 Å². The van der Waals surface area contributed by atoms with Crippen LogP contribution in [0.4, 0.5) is 0 Å². The van der Waals surface area contributed by atoms with Gasteiger partial charge in [0.05, 0.1) is 27.3 Å². The van der Waals surface area contributed by atoms with Crippen LogP contribution in [0, 0.1) is 0 Å². The summed E-state index contributed by atoms with van der Waals surface area (Å²) in [4.78, 5) is 15.3. The zero-order chi connectivity index (χ0) is 41.4. The van der Waals surface area contributed by atoms with E-state index in [9.17, 15) is 0 Å². The summed E-state index contributed by atoms with van der Waals surface area (Å²) in [6.07, 6.45) is 6.59. The fourth-order valence-electron chi connectivity index (χ4n) is 9.85. The lowest BCUT2D eigenvalue weighted by Crippen LogP contribution is -2.02. The van der Waals surface area contributed by atoms with Crippen molar-refractivity contribution in [3.63, 3.8) is 0 Å². The molecule has 4 heterocycles. The minimum absolute atomic E-state index is 0.615. The number of hydrogen-bond donors (Lipinski definition) is 0. The number of fused-ring (bicyclic) bond motifs is 11. The Kier molecular flexibility index (Phi) is 7.93. The molecule has 63 heavy (non-hydrogen) atoms. The van der Waals surface area contributed by atoms with Crippen LogP contribution in [0.15, 0.2) is 199 Å². The quantitative estimate of drug-likeness (QED) is 0.168. The highest BCUT2D eigenvalue weighted by Gasteiger charge is 2.25. The molecule has 6 nitrogen and oxygen atoms in total. The SMILES string of the molecule is C1=Cc2c(n(-c3ccccc3)c3ccc4c5ccc6c(c7ccccc7n6-c6ccc(-c7nc(-c8ccccc8)nc(-c8ccccc8)n7)c(-c7ccccc7)c6)c5oc4c23)CC1. The molecule has 1 aliphatic rings. The van der Waals surface area contributed by atoms with Gasteiger partial charge >= 0.3 is 0 Å². The Morgan fingerprint density at radius 3 is 1.67 bits per heavy atom. The van der Waals surface area contributed by atoms with Crippen molar-refractivity contribution in [1.29, 1.82) is 0 Å². The third kappa shape index (κ3) is 5.55. The van der Waals surface area contributed by atoms with Gasteiger partial charge in [0.25, 0.3) is 0 Å². The van der Waals surface area contributed by atoms with E-state index in [0.717, 1.165) is 90.1 Å². The molecule has 0 aliphatic heterocycles. The number of hydrogen-bond acceptors (Lipinski definition) is 4. The first kappa shape index (κ1) is 35.4. The van der Waals surface area contributed by atoms with Crippen molar-refractivity contribution >= 4 is 60.7 Å². The van der Waals surface area contributed by atoms with Crippen LogP contribution in [0.5, 0.6) is 0 Å². The second-order valence-electron chi connectivity index (χ2n) is 16.2. The number of furan rings is 1. The van der Waals surface area contributed by atoms with E-state index in [2.05, 4.69) is 149 Å². The van der Waals surface area contributed by atoms with Gasteiger partial charge in [0.1, 0.15) is 11.2 Å². The highest BCUT2D eigenvalue weighted by Crippen LogP contribution is 2.46. The first-order chi connectivity index (χ1) is 31.3. The number of para-hydroxylation sites is 2. The molecule has 0 saturated carbocycles. The smallest absolute Gasteiger partial charge is 0.164 e. The zero-order valence-corrected chi connectivity index (χ0v) is 34.1. The van der Waals surface area contributed by atoms with E-state index in [1.54, 1.807) is 0 Å². The Labute approximate surface area is 362 Å². The molecule has 8 aromatic carbocycles. The molecule has 1 aliphatic carbocycles. The molecular weight excluding hydrogens is 771 g/mol. The second kappa shape index (κ2) is 14.1. The van der Waals surface area contributed by atoms with Gasteiger partial charge in [-0.1, -0.05) is 140 Å². The van der Waals surface area contributed by atoms with Crippen molar-refractivity contribution < 1.29 is 4.42 Å². The van der Waals surface area contributed by atoms with Gasteiger partial charge in [0.2, 0.25) is 0 Å². The summed E-state index contributed by atoms with van der Waals surface area (Å²) in [5.74, 6) is 1.87. The summed E-state index contributed by atoms with van der Waals surface area (Å²) in [6.45, 7) is 0. The normalized spacial score (nSPS) is 12.6. The lowest BCUT2D eigenvalue weighted by atomic mass is 9.98. The molecule has 12 aromatic rings. The Hall–Kier alpha value is -8.35. The maximum Gasteiger partial charge on any atom is 0.164 e. The van der Waals surface area contributed by atoms with E-state index in [1.807, 2.05) is 60.7 Å². The fourth-order valence-corrected chi connectivity index (χ4v) is 9.85. The van der Waals surface area contributed by atoms with Crippen molar-refractivity contribution in [2.24, 2.45) is 0 Å². The number of aromatic nitrogens is 5. The highest BCUT2D eigenvalue weighted by molar-refractivity contribution is 6.26. The van der Waals surface area contributed by atoms with Crippen LogP contribution in [0.25, 0.3) is 117 Å². The van der Waals surface area contributed by atoms with E-state index in [0.29, 0.717) is 17.5 Å². The van der Waals surface area contributed by atoms with Gasteiger partial charge in [-0.2, -0.15) is 0 Å². The second-order valence-corrected chi connectivity index (χ2v) is 16.2. The van der Waals surface area contributed by atoms with Gasteiger partial charge in [-0.25, -0.2) is 15.0 Å². The van der Waals surface area contributed by atoms with Crippen LogP contribution in [0.1, 0.15) is 17.7 Å². The van der Waals surface area contributed by atoms with Crippen molar-refractivity contribution in [2.45, 2.75) is 12.8 Å². The summed E-state index contributed by atoms with van der Waals surface area (Å²) in [5, 5.41) is 5.65. The summed E-state index contributed by atoms with van der Waals surface area (Å²) >= 11 is 0. The fraction of sp³-hybridized carbons (Fsp3) is 0.0351. The molecule has 0 unspecified atom stereocenters. The highest BCUT2D eigenvalue weighted by atomic mass is 16.3. The summed E-state index contributed by atoms with van der Waals surface area (Å²) in [5.41, 5.74) is 14.8. The molecular formula is C57H37N5O. The first-order valence-corrected chi connectivity index (χ1v) is 21.5. The average molecular weight is 808 g/mol. The zero-order valence-electron chi connectivity index (χ0n) is 34.1. The Morgan fingerprint density at radius 1 is 0.413 bits per heavy atom. The van der Waals surface area contributed by atoms with Gasteiger partial charge < -0.3 is 13.6 Å². The molecule has 0 spiro atoms. The maximum absolute atomic E-state index is 7.23. The minimum Gasteiger partial charge on any atom is -0.455 e. The van der Waals surface area contributed by atoms with Gasteiger partial charge in [-0.15, -0.1) is 0 Å². The predicted molar refractivity (Wildman–Crippen MR) is 257 cm³/mol. The van der Waals surface area contributed by atoms with Gasteiger partial charge in [0, 0.05) is 55.5 Å². The molecule has 4 aromatic heterocycles. The molecule has 0 N–H and O–H groups in total. The molecule has 6 heteroatoms. The number of rotatable bonds is 6. The van der Waals surface area contributed by atoms with Crippen LogP contribution >= 0.6 is 0 Å². The minimum atomic E-state index is 0.615. The Morgan fingerprint density at radius 2 is 0.984 bits per heavy atom. The number of allylic oxidation sites excluding steroid dienone is 1. The van der Waals surface area contributed by atoms with Gasteiger partial charge in [-0.3, -0.25) is 0 Å². The average Bonchev–Trinajstić information content (AvgIpc) is 4.02. The van der Waals surface area contributed by atoms with Crippen LogP contribution in [0.2, 0.25) is 0 Å². The standard InChI is InChI=1S/C57H37N5O/c1-5-17-36(18-6-1)46-35-40(29-30-43(46)57-59-55(37-19-7-2-8-20-37)58-56(60-57)38-21-9-3-10-22-38)62-48-28-16-14-26-45(48)52-50(62)34-32-42-41-31-33-49-51(53(41)63-54(42)52)44-25-13-15-27-47(44)61(49)39-23-11-4-12-24-39/h1-14,16-26,28-35H,15,27H2. The van der Waals surface area contributed by atoms with Crippen LogP contribution in [-0.4, -0.2) is 24.1 Å². The number of nitrogens with zero attached hydrogens (tertiary/aromatic N) is 5.